The zero-order chi connectivity index (χ0) is 18.8. The molecule has 8 heteroatoms. The number of carboxylic acid groups (broad SMARTS) is 1. The van der Waals surface area contributed by atoms with Crippen molar-refractivity contribution in [2.75, 3.05) is 11.5 Å². The maximum atomic E-state index is 12.4. The molecule has 2 aliphatic rings. The molecule has 1 amide bonds. The highest BCUT2D eigenvalue weighted by molar-refractivity contribution is 8.14. The van der Waals surface area contributed by atoms with E-state index >= 15 is 0 Å². The minimum atomic E-state index is -1.14. The molecule has 0 bridgehead atoms. The molecule has 1 N–H and O–H groups in total. The minimum Gasteiger partial charge on any atom is -0.477 e. The van der Waals surface area contributed by atoms with Crippen LogP contribution in [0.25, 0.3) is 0 Å². The number of hydrogen-bond donors (Lipinski definition) is 1. The molecule has 1 fully saturated rings. The van der Waals surface area contributed by atoms with Crippen molar-refractivity contribution in [3.8, 4) is 0 Å². The van der Waals surface area contributed by atoms with Gasteiger partial charge in [-0.1, -0.05) is 42.1 Å². The van der Waals surface area contributed by atoms with E-state index in [0.29, 0.717) is 16.9 Å². The second kappa shape index (κ2) is 7.85. The maximum absolute atomic E-state index is 12.4. The van der Waals surface area contributed by atoms with Crippen LogP contribution in [0.3, 0.4) is 0 Å². The number of ether oxygens (including phenoxy) is 1. The summed E-state index contributed by atoms with van der Waals surface area (Å²) in [6.07, 6.45) is -0.709. The fourth-order valence-corrected chi connectivity index (χ4v) is 5.16. The van der Waals surface area contributed by atoms with Crippen molar-refractivity contribution in [1.29, 1.82) is 0 Å². The zero-order valence-electron chi connectivity index (χ0n) is 14.4. The molecule has 1 aromatic carbocycles. The van der Waals surface area contributed by atoms with E-state index in [2.05, 4.69) is 0 Å². The summed E-state index contributed by atoms with van der Waals surface area (Å²) in [4.78, 5) is 37.7. The molecule has 3 rings (SSSR count). The molecule has 138 valence electrons. The molecule has 0 saturated carbocycles. The molecule has 0 aromatic heterocycles. The lowest BCUT2D eigenvalue weighted by atomic mass is 10.1. The molecule has 0 spiro atoms. The third-order valence-corrected chi connectivity index (χ3v) is 6.31. The van der Waals surface area contributed by atoms with Crippen LogP contribution >= 0.6 is 23.5 Å². The average molecular weight is 393 g/mol. The van der Waals surface area contributed by atoms with Crippen LogP contribution in [0.1, 0.15) is 24.2 Å². The number of thioether (sulfide) groups is 2. The topological polar surface area (TPSA) is 83.9 Å². The van der Waals surface area contributed by atoms with Crippen LogP contribution in [-0.2, 0) is 14.3 Å². The summed E-state index contributed by atoms with van der Waals surface area (Å²) in [5, 5.41) is 9.17. The first kappa shape index (κ1) is 19.0. The van der Waals surface area contributed by atoms with Gasteiger partial charge < -0.3 is 9.84 Å². The van der Waals surface area contributed by atoms with Gasteiger partial charge in [-0.05, 0) is 19.4 Å². The highest BCUT2D eigenvalue weighted by atomic mass is 32.2. The summed E-state index contributed by atoms with van der Waals surface area (Å²) in [5.74, 6) is -0.767. The lowest BCUT2D eigenvalue weighted by Gasteiger charge is -2.49. The van der Waals surface area contributed by atoms with E-state index in [1.54, 1.807) is 24.3 Å². The molecule has 1 aromatic rings. The average Bonchev–Trinajstić information content (AvgIpc) is 2.63. The first-order chi connectivity index (χ1) is 12.4. The van der Waals surface area contributed by atoms with Crippen LogP contribution < -0.4 is 0 Å². The van der Waals surface area contributed by atoms with Crippen LogP contribution in [0.5, 0.6) is 0 Å². The monoisotopic (exact) mass is 393 g/mol. The smallest absolute Gasteiger partial charge is 0.352 e. The van der Waals surface area contributed by atoms with E-state index in [1.807, 2.05) is 19.9 Å². The Bertz CT molecular complexity index is 762. The number of amides is 1. The lowest BCUT2D eigenvalue weighted by molar-refractivity contribution is -0.168. The predicted octanol–water partition coefficient (Wildman–Crippen LogP) is 2.61. The van der Waals surface area contributed by atoms with Gasteiger partial charge in [0.1, 0.15) is 11.1 Å². The Morgan fingerprint density at radius 2 is 2.04 bits per heavy atom. The van der Waals surface area contributed by atoms with E-state index in [1.165, 1.54) is 16.7 Å². The molecule has 1 saturated heterocycles. The van der Waals surface area contributed by atoms with Crippen molar-refractivity contribution in [1.82, 2.24) is 4.90 Å². The number of rotatable bonds is 6. The summed E-state index contributed by atoms with van der Waals surface area (Å²) >= 11 is 2.53. The lowest BCUT2D eigenvalue weighted by Crippen LogP contribution is -2.66. The van der Waals surface area contributed by atoms with Crippen molar-refractivity contribution < 1.29 is 24.2 Å². The Balaban J connectivity index is 1.74. The predicted molar refractivity (Wildman–Crippen MR) is 101 cm³/mol. The summed E-state index contributed by atoms with van der Waals surface area (Å²) < 4.78 is 5.60. The second-order valence-electron chi connectivity index (χ2n) is 6.21. The number of aliphatic carboxylic acids is 1. The van der Waals surface area contributed by atoms with E-state index in [0.717, 1.165) is 11.8 Å². The first-order valence-electron chi connectivity index (χ1n) is 8.17. The van der Waals surface area contributed by atoms with Gasteiger partial charge in [-0.2, -0.15) is 0 Å². The fourth-order valence-electron chi connectivity index (χ4n) is 2.85. The summed E-state index contributed by atoms with van der Waals surface area (Å²) in [6.45, 7) is 3.68. The molecule has 0 aliphatic carbocycles. The van der Waals surface area contributed by atoms with Crippen molar-refractivity contribution in [3.63, 3.8) is 0 Å². The normalized spacial score (nSPS) is 22.3. The number of hydrogen-bond acceptors (Lipinski definition) is 6. The molecule has 2 atom stereocenters. The van der Waals surface area contributed by atoms with Gasteiger partial charge in [0.15, 0.2) is 6.10 Å². The number of benzene rings is 1. The van der Waals surface area contributed by atoms with Crippen molar-refractivity contribution in [2.24, 2.45) is 0 Å². The molecular formula is C18H19NO5S2. The standard InChI is InChI=1S/C18H19NO5S2/c1-10(2)24-14-15(20)19-13(17(21)22)12(8-25-16(14)19)9-26-18(23)11-6-4-3-5-7-11/h3-7,10,14,16H,8-9H2,1-2H3,(H,21,22)/t14-,16+/m0/s1. The highest BCUT2D eigenvalue weighted by Gasteiger charge is 2.54. The van der Waals surface area contributed by atoms with Gasteiger partial charge in [0.05, 0.1) is 6.10 Å². The SMILES string of the molecule is CC(C)O[C@H]1C(=O)N2C(C(=O)O)=C(CSC(=O)c3ccccc3)CS[C@H]12. The van der Waals surface area contributed by atoms with Gasteiger partial charge in [0.2, 0.25) is 5.12 Å². The third kappa shape index (κ3) is 3.67. The Morgan fingerprint density at radius 3 is 2.65 bits per heavy atom. The van der Waals surface area contributed by atoms with Crippen molar-refractivity contribution in [2.45, 2.75) is 31.4 Å². The van der Waals surface area contributed by atoms with E-state index in [9.17, 15) is 19.5 Å². The quantitative estimate of drug-likeness (QED) is 0.744. The Morgan fingerprint density at radius 1 is 1.35 bits per heavy atom. The minimum absolute atomic E-state index is 0.00396. The fraction of sp³-hybridized carbons (Fsp3) is 0.389. The zero-order valence-corrected chi connectivity index (χ0v) is 16.0. The molecule has 0 unspecified atom stereocenters. The highest BCUT2D eigenvalue weighted by Crippen LogP contribution is 2.42. The van der Waals surface area contributed by atoms with Crippen molar-refractivity contribution >= 4 is 40.5 Å². The van der Waals surface area contributed by atoms with Gasteiger partial charge in [-0.15, -0.1) is 11.8 Å². The van der Waals surface area contributed by atoms with Gasteiger partial charge in [0, 0.05) is 17.1 Å². The van der Waals surface area contributed by atoms with Gasteiger partial charge in [-0.25, -0.2) is 4.79 Å². The number of carbonyl (C=O) groups is 3. The number of carbonyl (C=O) groups excluding carboxylic acids is 2. The Hall–Kier alpha value is -1.77. The van der Waals surface area contributed by atoms with E-state index in [4.69, 9.17) is 4.74 Å². The Kier molecular flexibility index (Phi) is 5.74. The van der Waals surface area contributed by atoms with Crippen LogP contribution in [-0.4, -0.2) is 56.1 Å². The van der Waals surface area contributed by atoms with Gasteiger partial charge in [-0.3, -0.25) is 14.5 Å². The molecule has 26 heavy (non-hydrogen) atoms. The summed E-state index contributed by atoms with van der Waals surface area (Å²) in [7, 11) is 0. The number of fused-ring (bicyclic) bond motifs is 1. The molecule has 0 radical (unpaired) electrons. The molecule has 6 nitrogen and oxygen atoms in total. The maximum Gasteiger partial charge on any atom is 0.352 e. The molecule has 2 aliphatic heterocycles. The third-order valence-electron chi connectivity index (χ3n) is 4.01. The van der Waals surface area contributed by atoms with Crippen LogP contribution in [0, 0.1) is 0 Å². The molecular weight excluding hydrogens is 374 g/mol. The van der Waals surface area contributed by atoms with E-state index in [-0.39, 0.29) is 34.0 Å². The Labute approximate surface area is 160 Å². The number of β-lactam (4-membered cyclic amide) rings is 1. The van der Waals surface area contributed by atoms with Gasteiger partial charge in [0.25, 0.3) is 5.91 Å². The van der Waals surface area contributed by atoms with Crippen LogP contribution in [0.2, 0.25) is 0 Å². The largest absolute Gasteiger partial charge is 0.477 e. The number of carboxylic acids is 1. The van der Waals surface area contributed by atoms with Gasteiger partial charge >= 0.3 is 5.97 Å². The number of nitrogens with zero attached hydrogens (tertiary/aromatic N) is 1. The first-order valence-corrected chi connectivity index (χ1v) is 10.2. The van der Waals surface area contributed by atoms with Crippen LogP contribution in [0.15, 0.2) is 41.6 Å². The van der Waals surface area contributed by atoms with Crippen LogP contribution in [0.4, 0.5) is 0 Å². The summed E-state index contributed by atoms with van der Waals surface area (Å²) in [6, 6.07) is 8.84. The summed E-state index contributed by atoms with van der Waals surface area (Å²) in [5.41, 5.74) is 1.15. The van der Waals surface area contributed by atoms with Crippen molar-refractivity contribution in [3.05, 3.63) is 47.2 Å². The van der Waals surface area contributed by atoms with E-state index < -0.39 is 12.1 Å². The second-order valence-corrected chi connectivity index (χ2v) is 8.27. The molecule has 2 heterocycles.